The normalized spacial score (nSPS) is 12.6. The van der Waals surface area contributed by atoms with E-state index < -0.39 is 12.1 Å². The number of oxime groups is 1. The number of hydrogen-bond donors (Lipinski definition) is 4. The van der Waals surface area contributed by atoms with Gasteiger partial charge in [-0.2, -0.15) is 0 Å². The Bertz CT molecular complexity index is 476. The number of rotatable bonds is 6. The van der Waals surface area contributed by atoms with E-state index >= 15 is 0 Å². The van der Waals surface area contributed by atoms with Crippen LogP contribution in [0.15, 0.2) is 29.4 Å². The maximum atomic E-state index is 11.9. The van der Waals surface area contributed by atoms with Gasteiger partial charge < -0.3 is 26.3 Å². The number of hydrogen-bond acceptors (Lipinski definition) is 4. The Morgan fingerprint density at radius 2 is 2.20 bits per heavy atom. The molecule has 1 aromatic rings. The van der Waals surface area contributed by atoms with Crippen LogP contribution in [0, 0.1) is 0 Å². The first kappa shape index (κ1) is 15.6. The van der Waals surface area contributed by atoms with Gasteiger partial charge in [-0.05, 0) is 18.6 Å². The summed E-state index contributed by atoms with van der Waals surface area (Å²) in [7, 11) is 1.52. The van der Waals surface area contributed by atoms with Gasteiger partial charge in [-0.1, -0.05) is 30.6 Å². The molecule has 1 unspecified atom stereocenters. The third-order valence-corrected chi connectivity index (χ3v) is 2.71. The lowest BCUT2D eigenvalue weighted by molar-refractivity contribution is 0.249. The summed E-state index contributed by atoms with van der Waals surface area (Å²) >= 11 is 0. The molecule has 1 rings (SSSR count). The predicted molar refractivity (Wildman–Crippen MR) is 77.3 cm³/mol. The summed E-state index contributed by atoms with van der Waals surface area (Å²) in [5.74, 6) is 0.528. The molecule has 20 heavy (non-hydrogen) atoms. The number of carbonyl (C=O) groups is 1. The molecule has 110 valence electrons. The Morgan fingerprint density at radius 3 is 2.80 bits per heavy atom. The first-order valence-corrected chi connectivity index (χ1v) is 6.30. The Balaban J connectivity index is 2.70. The van der Waals surface area contributed by atoms with Gasteiger partial charge in [0.05, 0.1) is 18.8 Å². The number of benzene rings is 1. The number of amides is 2. The standard InChI is InChI=1S/C13H20N4O3/c1-3-6-10(12(14)17-19)16-13(18)15-9-7-4-5-8-11(9)20-2/h4-5,7-8,10,19H,3,6H2,1-2H3,(H2,14,17)(H2,15,16,18). The van der Waals surface area contributed by atoms with Gasteiger partial charge in [0.15, 0.2) is 5.84 Å². The van der Waals surface area contributed by atoms with Crippen molar-refractivity contribution in [1.82, 2.24) is 5.32 Å². The van der Waals surface area contributed by atoms with Crippen LogP contribution in [0.25, 0.3) is 0 Å². The van der Waals surface area contributed by atoms with Crippen LogP contribution < -0.4 is 21.1 Å². The third kappa shape index (κ3) is 4.34. The number of nitrogens with zero attached hydrogens (tertiary/aromatic N) is 1. The fourth-order valence-corrected chi connectivity index (χ4v) is 1.72. The Kier molecular flexibility index (Phi) is 6.15. The molecule has 2 amide bonds. The van der Waals surface area contributed by atoms with Crippen molar-refractivity contribution in [3.63, 3.8) is 0 Å². The highest BCUT2D eigenvalue weighted by atomic mass is 16.5. The Hall–Kier alpha value is -2.44. The van der Waals surface area contributed by atoms with Gasteiger partial charge in [-0.3, -0.25) is 0 Å². The van der Waals surface area contributed by atoms with Crippen LogP contribution in [0.4, 0.5) is 10.5 Å². The molecule has 7 nitrogen and oxygen atoms in total. The van der Waals surface area contributed by atoms with E-state index in [1.165, 1.54) is 7.11 Å². The van der Waals surface area contributed by atoms with E-state index in [-0.39, 0.29) is 5.84 Å². The van der Waals surface area contributed by atoms with E-state index in [0.29, 0.717) is 17.9 Å². The fourth-order valence-electron chi connectivity index (χ4n) is 1.72. The quantitative estimate of drug-likeness (QED) is 0.275. The molecule has 0 saturated carbocycles. The summed E-state index contributed by atoms with van der Waals surface area (Å²) in [6.07, 6.45) is 1.37. The van der Waals surface area contributed by atoms with Crippen LogP contribution in [0.5, 0.6) is 5.75 Å². The topological polar surface area (TPSA) is 109 Å². The van der Waals surface area contributed by atoms with Crippen molar-refractivity contribution in [1.29, 1.82) is 0 Å². The Morgan fingerprint density at radius 1 is 1.50 bits per heavy atom. The zero-order valence-electron chi connectivity index (χ0n) is 11.6. The summed E-state index contributed by atoms with van der Waals surface area (Å²) < 4.78 is 5.14. The van der Waals surface area contributed by atoms with Gasteiger partial charge in [0.25, 0.3) is 0 Å². The highest BCUT2D eigenvalue weighted by molar-refractivity contribution is 5.95. The number of carbonyl (C=O) groups excluding carboxylic acids is 1. The zero-order valence-corrected chi connectivity index (χ0v) is 11.6. The van der Waals surface area contributed by atoms with Gasteiger partial charge in [-0.15, -0.1) is 0 Å². The number of methoxy groups -OCH3 is 1. The van der Waals surface area contributed by atoms with Crippen molar-refractivity contribution < 1.29 is 14.7 Å². The maximum absolute atomic E-state index is 11.9. The maximum Gasteiger partial charge on any atom is 0.319 e. The summed E-state index contributed by atoms with van der Waals surface area (Å²) in [5.41, 5.74) is 6.08. The molecule has 0 aliphatic heterocycles. The molecule has 5 N–H and O–H groups in total. The smallest absolute Gasteiger partial charge is 0.319 e. The predicted octanol–water partition coefficient (Wildman–Crippen LogP) is 1.73. The van der Waals surface area contributed by atoms with E-state index in [0.717, 1.165) is 6.42 Å². The molecule has 1 atom stereocenters. The molecule has 0 aromatic heterocycles. The van der Waals surface area contributed by atoms with Gasteiger partial charge in [-0.25, -0.2) is 4.79 Å². The third-order valence-electron chi connectivity index (χ3n) is 2.71. The van der Waals surface area contributed by atoms with Crippen molar-refractivity contribution in [3.05, 3.63) is 24.3 Å². The second-order valence-corrected chi connectivity index (χ2v) is 4.16. The zero-order chi connectivity index (χ0) is 15.0. The van der Waals surface area contributed by atoms with Crippen LogP contribution in [-0.4, -0.2) is 30.2 Å². The fraction of sp³-hybridized carbons (Fsp3) is 0.385. The van der Waals surface area contributed by atoms with E-state index in [2.05, 4.69) is 15.8 Å². The van der Waals surface area contributed by atoms with E-state index in [1.807, 2.05) is 6.92 Å². The summed E-state index contributed by atoms with van der Waals surface area (Å²) in [6, 6.07) is 6.09. The van der Waals surface area contributed by atoms with Crippen molar-refractivity contribution in [2.24, 2.45) is 10.9 Å². The minimum atomic E-state index is -0.514. The molecule has 0 aliphatic rings. The number of ether oxygens (including phenoxy) is 1. The monoisotopic (exact) mass is 280 g/mol. The number of amidine groups is 1. The largest absolute Gasteiger partial charge is 0.495 e. The molecular formula is C13H20N4O3. The van der Waals surface area contributed by atoms with Gasteiger partial charge >= 0.3 is 6.03 Å². The highest BCUT2D eigenvalue weighted by Gasteiger charge is 2.16. The molecule has 0 radical (unpaired) electrons. The highest BCUT2D eigenvalue weighted by Crippen LogP contribution is 2.22. The van der Waals surface area contributed by atoms with Crippen molar-refractivity contribution in [3.8, 4) is 5.75 Å². The van der Waals surface area contributed by atoms with Gasteiger partial charge in [0.2, 0.25) is 0 Å². The Labute approximate surface area is 117 Å². The lowest BCUT2D eigenvalue weighted by atomic mass is 10.1. The van der Waals surface area contributed by atoms with Gasteiger partial charge in [0, 0.05) is 0 Å². The van der Waals surface area contributed by atoms with Gasteiger partial charge in [0.1, 0.15) is 5.75 Å². The van der Waals surface area contributed by atoms with Crippen molar-refractivity contribution >= 4 is 17.6 Å². The van der Waals surface area contributed by atoms with E-state index in [4.69, 9.17) is 15.7 Å². The van der Waals surface area contributed by atoms with E-state index in [1.54, 1.807) is 24.3 Å². The van der Waals surface area contributed by atoms with Crippen molar-refractivity contribution in [2.45, 2.75) is 25.8 Å². The molecule has 7 heteroatoms. The molecule has 1 aromatic carbocycles. The second kappa shape index (κ2) is 7.88. The average molecular weight is 280 g/mol. The number of nitrogens with two attached hydrogens (primary N) is 1. The molecule has 0 spiro atoms. The molecule has 0 aliphatic carbocycles. The summed E-state index contributed by atoms with van der Waals surface area (Å²) in [4.78, 5) is 11.9. The molecular weight excluding hydrogens is 260 g/mol. The summed E-state index contributed by atoms with van der Waals surface area (Å²) in [5, 5.41) is 16.9. The first-order chi connectivity index (χ1) is 9.62. The molecule has 0 heterocycles. The number of para-hydroxylation sites is 2. The second-order valence-electron chi connectivity index (χ2n) is 4.16. The minimum absolute atomic E-state index is 0.0259. The lowest BCUT2D eigenvalue weighted by Gasteiger charge is -2.17. The SMILES string of the molecule is CCCC(NC(=O)Nc1ccccc1OC)/C(N)=N/O. The minimum Gasteiger partial charge on any atom is -0.495 e. The van der Waals surface area contributed by atoms with Crippen LogP contribution in [0.3, 0.4) is 0 Å². The molecule has 0 fully saturated rings. The van der Waals surface area contributed by atoms with Crippen molar-refractivity contribution in [2.75, 3.05) is 12.4 Å². The van der Waals surface area contributed by atoms with Crippen LogP contribution in [0.1, 0.15) is 19.8 Å². The average Bonchev–Trinajstić information content (AvgIpc) is 2.46. The lowest BCUT2D eigenvalue weighted by Crippen LogP contribution is -2.46. The van der Waals surface area contributed by atoms with Crippen LogP contribution >= 0.6 is 0 Å². The molecule has 0 saturated heterocycles. The summed E-state index contributed by atoms with van der Waals surface area (Å²) in [6.45, 7) is 1.94. The van der Waals surface area contributed by atoms with Crippen LogP contribution in [0.2, 0.25) is 0 Å². The number of anilines is 1. The number of nitrogens with one attached hydrogen (secondary N) is 2. The molecule has 0 bridgehead atoms. The number of urea groups is 1. The first-order valence-electron chi connectivity index (χ1n) is 6.30. The van der Waals surface area contributed by atoms with Crippen LogP contribution in [-0.2, 0) is 0 Å². The van der Waals surface area contributed by atoms with E-state index in [9.17, 15) is 4.79 Å².